The predicted octanol–water partition coefficient (Wildman–Crippen LogP) is 4.19. The maximum atomic E-state index is 11.8. The van der Waals surface area contributed by atoms with Crippen LogP contribution in [0.25, 0.3) is 6.08 Å². The second kappa shape index (κ2) is 9.07. The molecular weight excluding hydrogens is 338 g/mol. The number of ether oxygens (including phenoxy) is 2. The molecule has 0 aliphatic heterocycles. The predicted molar refractivity (Wildman–Crippen MR) is 111 cm³/mol. The summed E-state index contributed by atoms with van der Waals surface area (Å²) in [4.78, 5) is 2.10. The molecule has 0 heterocycles. The van der Waals surface area contributed by atoms with Gasteiger partial charge in [0.1, 0.15) is 17.1 Å². The number of methoxy groups -OCH3 is 2. The van der Waals surface area contributed by atoms with Crippen molar-refractivity contribution in [3.8, 4) is 11.5 Å². The van der Waals surface area contributed by atoms with Gasteiger partial charge in [0, 0.05) is 12.5 Å². The summed E-state index contributed by atoms with van der Waals surface area (Å²) in [6.45, 7) is 4.83. The van der Waals surface area contributed by atoms with Crippen LogP contribution in [0.2, 0.25) is 0 Å². The van der Waals surface area contributed by atoms with Crippen LogP contribution in [-0.2, 0) is 5.60 Å². The number of hydrogen-bond acceptors (Lipinski definition) is 4. The highest BCUT2D eigenvalue weighted by molar-refractivity contribution is 5.57. The topological polar surface area (TPSA) is 41.9 Å². The van der Waals surface area contributed by atoms with E-state index in [0.717, 1.165) is 34.7 Å². The lowest BCUT2D eigenvalue weighted by Gasteiger charge is -2.37. The molecule has 0 spiro atoms. The van der Waals surface area contributed by atoms with Crippen molar-refractivity contribution in [1.82, 2.24) is 4.90 Å². The van der Waals surface area contributed by atoms with Crippen molar-refractivity contribution in [2.24, 2.45) is 5.92 Å². The van der Waals surface area contributed by atoms with Crippen LogP contribution in [-0.4, -0.2) is 44.9 Å². The highest BCUT2D eigenvalue weighted by Crippen LogP contribution is 2.38. The van der Waals surface area contributed by atoms with Gasteiger partial charge in [-0.25, -0.2) is 0 Å². The van der Waals surface area contributed by atoms with Gasteiger partial charge >= 0.3 is 0 Å². The Morgan fingerprint density at radius 1 is 1.00 bits per heavy atom. The maximum absolute atomic E-state index is 11.8. The Morgan fingerprint density at radius 2 is 1.48 bits per heavy atom. The Labute approximate surface area is 163 Å². The number of benzene rings is 2. The number of rotatable bonds is 8. The molecule has 0 amide bonds. The summed E-state index contributed by atoms with van der Waals surface area (Å²) in [7, 11) is 7.34. The zero-order chi connectivity index (χ0) is 20.0. The molecule has 0 saturated heterocycles. The van der Waals surface area contributed by atoms with Gasteiger partial charge in [0.05, 0.1) is 14.2 Å². The lowest BCUT2D eigenvalue weighted by Crippen LogP contribution is -2.40. The Balaban J connectivity index is 2.47. The first-order valence-corrected chi connectivity index (χ1v) is 9.15. The Morgan fingerprint density at radius 3 is 1.93 bits per heavy atom. The third-order valence-corrected chi connectivity index (χ3v) is 4.98. The Hall–Kier alpha value is -2.30. The zero-order valence-electron chi connectivity index (χ0n) is 17.2. The first-order chi connectivity index (χ1) is 12.8. The number of nitrogens with zero attached hydrogens (tertiary/aromatic N) is 1. The summed E-state index contributed by atoms with van der Waals surface area (Å²) in [6, 6.07) is 15.5. The molecule has 4 heteroatoms. The van der Waals surface area contributed by atoms with Gasteiger partial charge in [-0.15, -0.1) is 0 Å². The summed E-state index contributed by atoms with van der Waals surface area (Å²) in [6.07, 6.45) is 2.04. The maximum Gasteiger partial charge on any atom is 0.118 e. The number of aliphatic hydroxyl groups is 1. The molecule has 1 N–H and O–H groups in total. The molecule has 2 aromatic rings. The van der Waals surface area contributed by atoms with Crippen molar-refractivity contribution in [2.45, 2.75) is 19.4 Å². The molecule has 146 valence electrons. The van der Waals surface area contributed by atoms with Gasteiger partial charge in [-0.1, -0.05) is 37.3 Å². The highest BCUT2D eigenvalue weighted by atomic mass is 16.5. The Kier molecular flexibility index (Phi) is 7.05. The fourth-order valence-electron chi connectivity index (χ4n) is 3.49. The SMILES string of the molecule is COc1ccc(C=C(C)C(O)(c2ccc(OC)cc2)C(C)CN(C)C)cc1. The van der Waals surface area contributed by atoms with E-state index in [1.165, 1.54) is 0 Å². The van der Waals surface area contributed by atoms with Gasteiger partial charge < -0.3 is 19.5 Å². The van der Waals surface area contributed by atoms with Gasteiger partial charge in [-0.05, 0) is 62.0 Å². The fraction of sp³-hybridized carbons (Fsp3) is 0.391. The molecule has 2 rings (SSSR count). The Bertz CT molecular complexity index is 750. The molecule has 27 heavy (non-hydrogen) atoms. The molecule has 0 aliphatic rings. The van der Waals surface area contributed by atoms with Crippen molar-refractivity contribution in [1.29, 1.82) is 0 Å². The van der Waals surface area contributed by atoms with Gasteiger partial charge in [-0.3, -0.25) is 0 Å². The van der Waals surface area contributed by atoms with Crippen LogP contribution in [0.1, 0.15) is 25.0 Å². The minimum absolute atomic E-state index is 0.00427. The van der Waals surface area contributed by atoms with Gasteiger partial charge in [0.2, 0.25) is 0 Å². The molecule has 0 aliphatic carbocycles. The lowest BCUT2D eigenvalue weighted by atomic mass is 9.76. The quantitative estimate of drug-likeness (QED) is 0.757. The van der Waals surface area contributed by atoms with Crippen LogP contribution < -0.4 is 9.47 Å². The van der Waals surface area contributed by atoms with E-state index in [-0.39, 0.29) is 5.92 Å². The van der Waals surface area contributed by atoms with E-state index < -0.39 is 5.60 Å². The molecule has 0 bridgehead atoms. The summed E-state index contributed by atoms with van der Waals surface area (Å²) in [5, 5.41) is 11.8. The fourth-order valence-corrected chi connectivity index (χ4v) is 3.49. The van der Waals surface area contributed by atoms with E-state index in [4.69, 9.17) is 9.47 Å². The van der Waals surface area contributed by atoms with Crippen molar-refractivity contribution in [3.05, 3.63) is 65.2 Å². The average molecular weight is 370 g/mol. The van der Waals surface area contributed by atoms with E-state index in [9.17, 15) is 5.11 Å². The molecular formula is C23H31NO3. The van der Waals surface area contributed by atoms with Gasteiger partial charge in [0.25, 0.3) is 0 Å². The van der Waals surface area contributed by atoms with Crippen molar-refractivity contribution in [2.75, 3.05) is 34.9 Å². The second-order valence-electron chi connectivity index (χ2n) is 7.26. The van der Waals surface area contributed by atoms with Crippen molar-refractivity contribution < 1.29 is 14.6 Å². The molecule has 4 nitrogen and oxygen atoms in total. The molecule has 2 atom stereocenters. The van der Waals surface area contributed by atoms with Crippen LogP contribution in [0.4, 0.5) is 0 Å². The van der Waals surface area contributed by atoms with Crippen LogP contribution in [0, 0.1) is 5.92 Å². The van der Waals surface area contributed by atoms with E-state index in [0.29, 0.717) is 0 Å². The largest absolute Gasteiger partial charge is 0.497 e. The van der Waals surface area contributed by atoms with Gasteiger partial charge in [-0.2, -0.15) is 0 Å². The summed E-state index contributed by atoms with van der Waals surface area (Å²) < 4.78 is 10.5. The summed E-state index contributed by atoms with van der Waals surface area (Å²) in [5.41, 5.74) is 1.70. The molecule has 2 aromatic carbocycles. The van der Waals surface area contributed by atoms with E-state index in [2.05, 4.69) is 11.8 Å². The second-order valence-corrected chi connectivity index (χ2v) is 7.26. The third kappa shape index (κ3) is 4.90. The van der Waals surface area contributed by atoms with E-state index in [1.54, 1.807) is 14.2 Å². The third-order valence-electron chi connectivity index (χ3n) is 4.98. The first kappa shape index (κ1) is 21.0. The highest BCUT2D eigenvalue weighted by Gasteiger charge is 2.37. The van der Waals surface area contributed by atoms with Crippen LogP contribution in [0.15, 0.2) is 54.1 Å². The van der Waals surface area contributed by atoms with Crippen molar-refractivity contribution >= 4 is 6.08 Å². The monoisotopic (exact) mass is 369 g/mol. The molecule has 0 aromatic heterocycles. The minimum Gasteiger partial charge on any atom is -0.497 e. The van der Waals surface area contributed by atoms with E-state index >= 15 is 0 Å². The van der Waals surface area contributed by atoms with Crippen LogP contribution >= 0.6 is 0 Å². The number of hydrogen-bond donors (Lipinski definition) is 1. The molecule has 0 radical (unpaired) electrons. The van der Waals surface area contributed by atoms with Crippen LogP contribution in [0.3, 0.4) is 0 Å². The summed E-state index contributed by atoms with van der Waals surface area (Å²) in [5.74, 6) is 1.59. The van der Waals surface area contributed by atoms with Gasteiger partial charge in [0.15, 0.2) is 0 Å². The minimum atomic E-state index is -1.09. The molecule has 0 saturated carbocycles. The van der Waals surface area contributed by atoms with Crippen molar-refractivity contribution in [3.63, 3.8) is 0 Å². The van der Waals surface area contributed by atoms with Crippen LogP contribution in [0.5, 0.6) is 11.5 Å². The normalized spacial score (nSPS) is 15.3. The first-order valence-electron chi connectivity index (χ1n) is 9.15. The molecule has 0 fully saturated rings. The lowest BCUT2D eigenvalue weighted by molar-refractivity contribution is 0.0105. The smallest absolute Gasteiger partial charge is 0.118 e. The summed E-state index contributed by atoms with van der Waals surface area (Å²) >= 11 is 0. The zero-order valence-corrected chi connectivity index (χ0v) is 17.2. The standard InChI is InChI=1S/C23H31NO3/c1-17(15-19-7-11-21(26-5)12-8-19)23(25,18(2)16-24(3)4)20-9-13-22(27-6)14-10-20/h7-15,18,25H,16H2,1-6H3. The average Bonchev–Trinajstić information content (AvgIpc) is 2.67. The van der Waals surface area contributed by atoms with E-state index in [1.807, 2.05) is 75.6 Å². The molecule has 2 unspecified atom stereocenters.